The Balaban J connectivity index is 2.18. The topological polar surface area (TPSA) is 55.7 Å². The molecule has 0 aliphatic heterocycles. The number of hydrogen-bond acceptors (Lipinski definition) is 4. The van der Waals surface area contributed by atoms with Crippen LogP contribution < -0.4 is 0 Å². The molecule has 0 amide bonds. The van der Waals surface area contributed by atoms with Crippen LogP contribution in [0.5, 0.6) is 0 Å². The highest BCUT2D eigenvalue weighted by molar-refractivity contribution is 6.13. The lowest BCUT2D eigenvalue weighted by molar-refractivity contribution is -0.149. The second kappa shape index (κ2) is 8.61. The van der Waals surface area contributed by atoms with Gasteiger partial charge in [-0.3, -0.25) is 14.6 Å². The largest absolute Gasteiger partial charge is 0.465 e. The van der Waals surface area contributed by atoms with E-state index >= 15 is 0 Å². The highest BCUT2D eigenvalue weighted by Crippen LogP contribution is 2.27. The lowest BCUT2D eigenvalue weighted by Crippen LogP contribution is -2.33. The minimum atomic E-state index is -0.891. The maximum absolute atomic E-state index is 12.7. The van der Waals surface area contributed by atoms with Crippen molar-refractivity contribution < 1.29 is 14.3 Å². The quantitative estimate of drug-likeness (QED) is 0.452. The van der Waals surface area contributed by atoms with E-state index in [0.717, 1.165) is 36.9 Å². The van der Waals surface area contributed by atoms with Crippen molar-refractivity contribution in [2.24, 2.45) is 16.8 Å². The van der Waals surface area contributed by atoms with Gasteiger partial charge in [0.25, 0.3) is 0 Å². The number of aliphatic imine (C=N–C) groups is 1. The number of ketones is 1. The maximum atomic E-state index is 12.7. The molecule has 0 N–H and O–H groups in total. The molecule has 23 heavy (non-hydrogen) atoms. The molecule has 1 fully saturated rings. The molecule has 1 saturated carbocycles. The van der Waals surface area contributed by atoms with Gasteiger partial charge in [-0.2, -0.15) is 0 Å². The summed E-state index contributed by atoms with van der Waals surface area (Å²) in [6, 6.07) is 7.65. The summed E-state index contributed by atoms with van der Waals surface area (Å²) in [5, 5.41) is 0. The Hall–Kier alpha value is -1.97. The summed E-state index contributed by atoms with van der Waals surface area (Å²) in [7, 11) is 0. The Bertz CT molecular complexity index is 574. The smallest absolute Gasteiger partial charge is 0.321 e. The monoisotopic (exact) mass is 315 g/mol. The van der Waals surface area contributed by atoms with Gasteiger partial charge >= 0.3 is 5.97 Å². The van der Waals surface area contributed by atoms with Crippen LogP contribution in [0.1, 0.15) is 44.6 Å². The summed E-state index contributed by atoms with van der Waals surface area (Å²) in [6.45, 7) is 3.97. The fourth-order valence-electron chi connectivity index (χ4n) is 2.99. The van der Waals surface area contributed by atoms with Crippen molar-refractivity contribution in [1.82, 2.24) is 0 Å². The van der Waals surface area contributed by atoms with Crippen molar-refractivity contribution in [3.05, 3.63) is 29.8 Å². The summed E-state index contributed by atoms with van der Waals surface area (Å²) < 4.78 is 5.08. The molecule has 1 unspecified atom stereocenters. The molecule has 0 radical (unpaired) electrons. The molecule has 0 bridgehead atoms. The number of aryl methyl sites for hydroxylation is 1. The molecule has 0 aromatic heterocycles. The third kappa shape index (κ3) is 4.75. The highest BCUT2D eigenvalue weighted by Gasteiger charge is 2.32. The summed E-state index contributed by atoms with van der Waals surface area (Å²) in [5.74, 6) is -1.46. The molecule has 0 spiro atoms. The first-order valence-electron chi connectivity index (χ1n) is 8.43. The van der Waals surface area contributed by atoms with Gasteiger partial charge in [0.1, 0.15) is 0 Å². The van der Waals surface area contributed by atoms with Crippen LogP contribution in [0.3, 0.4) is 0 Å². The van der Waals surface area contributed by atoms with Crippen molar-refractivity contribution in [3.63, 3.8) is 0 Å². The van der Waals surface area contributed by atoms with Gasteiger partial charge in [-0.1, -0.05) is 37.5 Å². The first-order chi connectivity index (χ1) is 11.1. The van der Waals surface area contributed by atoms with Crippen LogP contribution >= 0.6 is 0 Å². The van der Waals surface area contributed by atoms with Gasteiger partial charge in [-0.15, -0.1) is 0 Å². The van der Waals surface area contributed by atoms with E-state index in [9.17, 15) is 9.59 Å². The van der Waals surface area contributed by atoms with Gasteiger partial charge < -0.3 is 4.74 Å². The van der Waals surface area contributed by atoms with E-state index in [1.165, 1.54) is 12.6 Å². The van der Waals surface area contributed by atoms with E-state index in [4.69, 9.17) is 4.74 Å². The average Bonchev–Trinajstić information content (AvgIpc) is 2.57. The Morgan fingerprint density at radius 3 is 2.61 bits per heavy atom. The van der Waals surface area contributed by atoms with Gasteiger partial charge in [0.2, 0.25) is 0 Å². The Labute approximate surface area is 138 Å². The van der Waals surface area contributed by atoms with Crippen molar-refractivity contribution in [2.75, 3.05) is 6.61 Å². The van der Waals surface area contributed by atoms with Crippen molar-refractivity contribution in [1.29, 1.82) is 0 Å². The van der Waals surface area contributed by atoms with E-state index in [1.807, 2.05) is 31.2 Å². The number of para-hydroxylation sites is 1. The van der Waals surface area contributed by atoms with Crippen LogP contribution in [0.2, 0.25) is 0 Å². The standard InChI is InChI=1S/C19H25NO3/c1-3-23-19(22)16(18(21)15-10-5-4-6-11-15)13-20-17-12-8-7-9-14(17)2/h7-9,12-13,15-16H,3-6,10-11H2,1-2H3. The summed E-state index contributed by atoms with van der Waals surface area (Å²) in [6.07, 6.45) is 6.49. The molecule has 0 heterocycles. The van der Waals surface area contributed by atoms with Crippen molar-refractivity contribution in [2.45, 2.75) is 46.0 Å². The lowest BCUT2D eigenvalue weighted by Gasteiger charge is -2.22. The predicted octanol–water partition coefficient (Wildman–Crippen LogP) is 4.03. The van der Waals surface area contributed by atoms with E-state index < -0.39 is 11.9 Å². The Morgan fingerprint density at radius 1 is 1.26 bits per heavy atom. The van der Waals surface area contributed by atoms with Crippen LogP contribution in [0.4, 0.5) is 5.69 Å². The van der Waals surface area contributed by atoms with Gasteiger partial charge in [0.15, 0.2) is 11.7 Å². The van der Waals surface area contributed by atoms with Crippen LogP contribution in [0, 0.1) is 18.8 Å². The molecule has 0 saturated heterocycles. The highest BCUT2D eigenvalue weighted by atomic mass is 16.5. The molecule has 4 heteroatoms. The lowest BCUT2D eigenvalue weighted by atomic mass is 9.82. The minimum absolute atomic E-state index is 0.0403. The number of carbonyl (C=O) groups is 2. The number of ether oxygens (including phenoxy) is 1. The van der Waals surface area contributed by atoms with Crippen LogP contribution in [0.25, 0.3) is 0 Å². The van der Waals surface area contributed by atoms with Gasteiger partial charge in [0.05, 0.1) is 12.3 Å². The Kier molecular flexibility index (Phi) is 6.51. The van der Waals surface area contributed by atoms with Gasteiger partial charge in [-0.25, -0.2) is 0 Å². The molecule has 4 nitrogen and oxygen atoms in total. The van der Waals surface area contributed by atoms with Crippen molar-refractivity contribution >= 4 is 23.7 Å². The second-order valence-corrected chi connectivity index (χ2v) is 6.03. The van der Waals surface area contributed by atoms with Crippen LogP contribution in [-0.2, 0) is 14.3 Å². The number of Topliss-reactive ketones (excluding diaryl/α,β-unsaturated/α-hetero) is 1. The number of nitrogens with zero attached hydrogens (tertiary/aromatic N) is 1. The SMILES string of the molecule is CCOC(=O)C(C=Nc1ccccc1C)C(=O)C1CCCCC1. The number of carbonyl (C=O) groups excluding carboxylic acids is 2. The molecule has 124 valence electrons. The molecular weight excluding hydrogens is 290 g/mol. The fourth-order valence-corrected chi connectivity index (χ4v) is 2.99. The Morgan fingerprint density at radius 2 is 1.96 bits per heavy atom. The van der Waals surface area contributed by atoms with Crippen LogP contribution in [0.15, 0.2) is 29.3 Å². The number of benzene rings is 1. The normalized spacial score (nSPS) is 17.1. The molecule has 2 rings (SSSR count). The molecule has 1 aromatic carbocycles. The molecule has 1 atom stereocenters. The number of esters is 1. The minimum Gasteiger partial charge on any atom is -0.465 e. The third-order valence-corrected chi connectivity index (χ3v) is 4.33. The first kappa shape index (κ1) is 17.4. The van der Waals surface area contributed by atoms with E-state index in [1.54, 1.807) is 6.92 Å². The van der Waals surface area contributed by atoms with Gasteiger partial charge in [0, 0.05) is 12.1 Å². The third-order valence-electron chi connectivity index (χ3n) is 4.33. The number of rotatable bonds is 6. The summed E-state index contributed by atoms with van der Waals surface area (Å²) >= 11 is 0. The summed E-state index contributed by atoms with van der Waals surface area (Å²) in [4.78, 5) is 29.3. The molecule has 1 aromatic rings. The zero-order valence-corrected chi connectivity index (χ0v) is 14.0. The second-order valence-electron chi connectivity index (χ2n) is 6.03. The average molecular weight is 315 g/mol. The number of hydrogen-bond donors (Lipinski definition) is 0. The molecule has 1 aliphatic rings. The predicted molar refractivity (Wildman–Crippen MR) is 91.0 cm³/mol. The molecule has 1 aliphatic carbocycles. The van der Waals surface area contributed by atoms with E-state index in [-0.39, 0.29) is 18.3 Å². The zero-order chi connectivity index (χ0) is 16.7. The zero-order valence-electron chi connectivity index (χ0n) is 14.0. The van der Waals surface area contributed by atoms with Crippen molar-refractivity contribution in [3.8, 4) is 0 Å². The molecular formula is C19H25NO3. The fraction of sp³-hybridized carbons (Fsp3) is 0.526. The van der Waals surface area contributed by atoms with Gasteiger partial charge in [-0.05, 0) is 38.3 Å². The maximum Gasteiger partial charge on any atom is 0.321 e. The van der Waals surface area contributed by atoms with E-state index in [0.29, 0.717) is 0 Å². The van der Waals surface area contributed by atoms with Crippen LogP contribution in [-0.4, -0.2) is 24.6 Å². The van der Waals surface area contributed by atoms with E-state index in [2.05, 4.69) is 4.99 Å². The first-order valence-corrected chi connectivity index (χ1v) is 8.43. The summed E-state index contributed by atoms with van der Waals surface area (Å²) in [5.41, 5.74) is 1.79.